The topological polar surface area (TPSA) is 31.0 Å². The van der Waals surface area contributed by atoms with Gasteiger partial charge in [0.15, 0.2) is 0 Å². The molecule has 3 aliphatic rings. The summed E-state index contributed by atoms with van der Waals surface area (Å²) < 4.78 is 6.15. The van der Waals surface area contributed by atoms with Crippen molar-refractivity contribution in [3.63, 3.8) is 0 Å². The average molecular weight is 367 g/mol. The summed E-state index contributed by atoms with van der Waals surface area (Å²) in [5.41, 5.74) is 0. The second-order valence-electron chi connectivity index (χ2n) is 9.19. The summed E-state index contributed by atoms with van der Waals surface area (Å²) in [4.78, 5) is 7.98. The van der Waals surface area contributed by atoms with Crippen LogP contribution in [0.25, 0.3) is 0 Å². The molecular weight excluding hydrogens is 324 g/mol. The Morgan fingerprint density at radius 3 is 2.27 bits per heavy atom. The Morgan fingerprint density at radius 2 is 1.58 bits per heavy atom. The van der Waals surface area contributed by atoms with Crippen LogP contribution in [0.5, 0.6) is 0 Å². The summed E-state index contributed by atoms with van der Waals surface area (Å²) in [7, 11) is 0. The van der Waals surface area contributed by atoms with Gasteiger partial charge in [-0.25, -0.2) is 0 Å². The first-order valence-corrected chi connectivity index (χ1v) is 11.1. The first-order valence-electron chi connectivity index (χ1n) is 11.1. The smallest absolute Gasteiger partial charge is 0.0717 e. The van der Waals surface area contributed by atoms with Crippen molar-refractivity contribution in [2.45, 2.75) is 71.2 Å². The Kier molecular flexibility index (Phi) is 7.76. The van der Waals surface area contributed by atoms with Gasteiger partial charge in [-0.15, -0.1) is 0 Å². The quantitative estimate of drug-likeness (QED) is 0.743. The zero-order chi connectivity index (χ0) is 18.5. The van der Waals surface area contributed by atoms with Crippen LogP contribution in [0.2, 0.25) is 0 Å². The highest BCUT2D eigenvalue weighted by atomic mass is 16.5. The summed E-state index contributed by atoms with van der Waals surface area (Å²) >= 11 is 0. The monoisotopic (exact) mass is 366 g/mol. The fourth-order valence-corrected chi connectivity index (χ4v) is 5.09. The molecule has 26 heavy (non-hydrogen) atoms. The van der Waals surface area contributed by atoms with Crippen LogP contribution in [0, 0.1) is 5.92 Å². The van der Waals surface area contributed by atoms with E-state index in [0.29, 0.717) is 24.2 Å². The van der Waals surface area contributed by atoms with E-state index in [1.165, 1.54) is 45.4 Å². The van der Waals surface area contributed by atoms with E-state index in [0.717, 1.165) is 38.7 Å². The van der Waals surface area contributed by atoms with Crippen LogP contribution in [0.4, 0.5) is 0 Å². The van der Waals surface area contributed by atoms with E-state index >= 15 is 0 Å². The van der Waals surface area contributed by atoms with Crippen molar-refractivity contribution in [2.24, 2.45) is 5.92 Å². The molecule has 0 aromatic heterocycles. The normalized spacial score (nSPS) is 32.2. The highest BCUT2D eigenvalue weighted by Crippen LogP contribution is 2.25. The molecule has 3 saturated heterocycles. The number of hydrogen-bond donors (Lipinski definition) is 1. The predicted octanol–water partition coefficient (Wildman–Crippen LogP) is 1.88. The lowest BCUT2D eigenvalue weighted by molar-refractivity contribution is -0.0563. The third-order valence-corrected chi connectivity index (χ3v) is 6.89. The van der Waals surface area contributed by atoms with Crippen LogP contribution in [0.1, 0.15) is 47.0 Å². The third-order valence-electron chi connectivity index (χ3n) is 6.89. The number of hydrogen-bond acceptors (Lipinski definition) is 5. The lowest BCUT2D eigenvalue weighted by atomic mass is 9.98. The number of ether oxygens (including phenoxy) is 1. The van der Waals surface area contributed by atoms with Crippen LogP contribution in [0.3, 0.4) is 0 Å². The van der Waals surface area contributed by atoms with Crippen LogP contribution >= 0.6 is 0 Å². The molecular formula is C21H42N4O. The Balaban J connectivity index is 1.42. The van der Waals surface area contributed by atoms with Crippen molar-refractivity contribution < 1.29 is 4.74 Å². The summed E-state index contributed by atoms with van der Waals surface area (Å²) in [6, 6.07) is 2.02. The van der Waals surface area contributed by atoms with E-state index in [1.54, 1.807) is 0 Å². The largest absolute Gasteiger partial charge is 0.375 e. The van der Waals surface area contributed by atoms with Gasteiger partial charge in [-0.2, -0.15) is 0 Å². The zero-order valence-corrected chi connectivity index (χ0v) is 17.6. The Bertz CT molecular complexity index is 413. The highest BCUT2D eigenvalue weighted by molar-refractivity contribution is 4.85. The van der Waals surface area contributed by atoms with Crippen LogP contribution in [-0.4, -0.2) is 97.9 Å². The van der Waals surface area contributed by atoms with Gasteiger partial charge in [-0.1, -0.05) is 0 Å². The van der Waals surface area contributed by atoms with Crippen LogP contribution in [0.15, 0.2) is 0 Å². The average Bonchev–Trinajstić information content (AvgIpc) is 3.11. The van der Waals surface area contributed by atoms with Gasteiger partial charge in [-0.05, 0) is 59.4 Å². The van der Waals surface area contributed by atoms with Gasteiger partial charge >= 0.3 is 0 Å². The van der Waals surface area contributed by atoms with E-state index in [4.69, 9.17) is 4.74 Å². The number of nitrogens with one attached hydrogen (secondary N) is 1. The molecule has 0 saturated carbocycles. The summed E-state index contributed by atoms with van der Waals surface area (Å²) in [5, 5.41) is 3.45. The summed E-state index contributed by atoms with van der Waals surface area (Å²) in [6.45, 7) is 19.9. The second-order valence-corrected chi connectivity index (χ2v) is 9.19. The second kappa shape index (κ2) is 9.83. The minimum atomic E-state index is 0.409. The maximum Gasteiger partial charge on any atom is 0.0717 e. The Hall–Kier alpha value is -0.200. The summed E-state index contributed by atoms with van der Waals surface area (Å²) in [6.07, 6.45) is 4.32. The first kappa shape index (κ1) is 20.5. The molecule has 0 aromatic rings. The number of likely N-dealkylation sites (tertiary alicyclic amines) is 1. The van der Waals surface area contributed by atoms with Gasteiger partial charge in [0.1, 0.15) is 0 Å². The lowest BCUT2D eigenvalue weighted by Crippen LogP contribution is -2.51. The molecule has 5 heteroatoms. The molecule has 0 amide bonds. The van der Waals surface area contributed by atoms with Crippen molar-refractivity contribution in [1.29, 1.82) is 0 Å². The lowest BCUT2D eigenvalue weighted by Gasteiger charge is -2.40. The van der Waals surface area contributed by atoms with Crippen LogP contribution in [-0.2, 0) is 4.74 Å². The van der Waals surface area contributed by atoms with Gasteiger partial charge in [0.25, 0.3) is 0 Å². The molecule has 1 N–H and O–H groups in total. The van der Waals surface area contributed by atoms with E-state index in [-0.39, 0.29) is 0 Å². The van der Waals surface area contributed by atoms with Crippen molar-refractivity contribution in [3.05, 3.63) is 0 Å². The first-order chi connectivity index (χ1) is 12.5. The maximum absolute atomic E-state index is 6.15. The minimum Gasteiger partial charge on any atom is -0.375 e. The van der Waals surface area contributed by atoms with Gasteiger partial charge in [0.05, 0.1) is 12.7 Å². The number of piperazine rings is 1. The molecule has 152 valence electrons. The van der Waals surface area contributed by atoms with Gasteiger partial charge in [0, 0.05) is 63.9 Å². The zero-order valence-electron chi connectivity index (χ0n) is 17.6. The van der Waals surface area contributed by atoms with Crippen molar-refractivity contribution in [3.8, 4) is 0 Å². The fraction of sp³-hybridized carbons (Fsp3) is 1.00. The summed E-state index contributed by atoms with van der Waals surface area (Å²) in [5.74, 6) is 0.883. The molecule has 0 aromatic carbocycles. The van der Waals surface area contributed by atoms with Crippen LogP contribution < -0.4 is 5.32 Å². The van der Waals surface area contributed by atoms with E-state index < -0.39 is 0 Å². The molecule has 4 atom stereocenters. The molecule has 3 heterocycles. The van der Waals surface area contributed by atoms with E-state index in [9.17, 15) is 0 Å². The number of morpholine rings is 1. The number of nitrogens with zero attached hydrogens (tertiary/aromatic N) is 3. The number of rotatable bonds is 7. The molecule has 0 bridgehead atoms. The standard InChI is InChI=1S/C21H42N4O/c1-17(2)24-8-5-20(15-24)13-18(3)25-11-12-26-21(16-25)14-19(4)23-9-6-22-7-10-23/h17-22H,5-16H2,1-4H3. The van der Waals surface area contributed by atoms with E-state index in [1.807, 2.05) is 0 Å². The van der Waals surface area contributed by atoms with Gasteiger partial charge < -0.3 is 15.0 Å². The van der Waals surface area contributed by atoms with Gasteiger partial charge in [-0.3, -0.25) is 9.80 Å². The Morgan fingerprint density at radius 1 is 0.846 bits per heavy atom. The molecule has 0 radical (unpaired) electrons. The van der Waals surface area contributed by atoms with Gasteiger partial charge in [0.2, 0.25) is 0 Å². The third kappa shape index (κ3) is 5.65. The SMILES string of the molecule is CC(C)N1CCC(CC(C)N2CCOC(CC(C)N3CCNCC3)C2)C1. The molecule has 5 nitrogen and oxygen atoms in total. The van der Waals surface area contributed by atoms with Crippen molar-refractivity contribution in [1.82, 2.24) is 20.0 Å². The van der Waals surface area contributed by atoms with Crippen molar-refractivity contribution >= 4 is 0 Å². The fourth-order valence-electron chi connectivity index (χ4n) is 5.09. The van der Waals surface area contributed by atoms with E-state index in [2.05, 4.69) is 47.7 Å². The molecule has 3 fully saturated rings. The molecule has 3 rings (SSSR count). The van der Waals surface area contributed by atoms with Crippen molar-refractivity contribution in [2.75, 3.05) is 59.0 Å². The Labute approximate surface area is 161 Å². The minimum absolute atomic E-state index is 0.409. The predicted molar refractivity (Wildman–Crippen MR) is 109 cm³/mol. The molecule has 0 spiro atoms. The highest BCUT2D eigenvalue weighted by Gasteiger charge is 2.30. The maximum atomic E-state index is 6.15. The molecule has 3 aliphatic heterocycles. The molecule has 0 aliphatic carbocycles. The molecule has 4 unspecified atom stereocenters.